The predicted molar refractivity (Wildman–Crippen MR) is 139 cm³/mol. The molecule has 4 rings (SSSR count). The third-order valence-corrected chi connectivity index (χ3v) is 7.73. The highest BCUT2D eigenvalue weighted by Crippen LogP contribution is 2.38. The molecule has 0 aliphatic carbocycles. The molecule has 0 bridgehead atoms. The average Bonchev–Trinajstić information content (AvgIpc) is 3.44. The van der Waals surface area contributed by atoms with Crippen LogP contribution in [0.4, 0.5) is 9.80 Å². The fraction of sp³-hybridized carbons (Fsp3) is 0.400. The third-order valence-electron chi connectivity index (χ3n) is 5.58. The lowest BCUT2D eigenvalue weighted by Gasteiger charge is -2.30. The van der Waals surface area contributed by atoms with Crippen LogP contribution in [0, 0.1) is 0 Å². The molecule has 0 unspecified atom stereocenters. The van der Waals surface area contributed by atoms with Gasteiger partial charge in [-0.2, -0.15) is 0 Å². The summed E-state index contributed by atoms with van der Waals surface area (Å²) in [5, 5.41) is 19.2. The van der Waals surface area contributed by atoms with Crippen molar-refractivity contribution in [2.45, 2.75) is 44.4 Å². The smallest absolute Gasteiger partial charge is 0.410 e. The van der Waals surface area contributed by atoms with E-state index in [0.29, 0.717) is 29.4 Å². The number of nitrogens with zero attached hydrogens (tertiary/aromatic N) is 3. The first kappa shape index (κ1) is 28.2. The van der Waals surface area contributed by atoms with Crippen molar-refractivity contribution in [2.75, 3.05) is 31.8 Å². The quantitative estimate of drug-likeness (QED) is 0.253. The number of fused-ring (bicyclic) bond motifs is 1. The van der Waals surface area contributed by atoms with Crippen LogP contribution in [-0.2, 0) is 27.2 Å². The SMILES string of the molecule is COC(=O)c1c(NC(=O)CSc2c([O-])on[n+]2-c2ccc(OC)cc2)sc2c1CCN(C(=O)OC(C)(C)C)C2. The van der Waals surface area contributed by atoms with Gasteiger partial charge in [-0.15, -0.1) is 11.3 Å². The summed E-state index contributed by atoms with van der Waals surface area (Å²) in [6.07, 6.45) is -0.0437. The topological polar surface area (TPSA) is 147 Å². The highest BCUT2D eigenvalue weighted by Gasteiger charge is 2.33. The fourth-order valence-electron chi connectivity index (χ4n) is 3.84. The first-order valence-corrected chi connectivity index (χ1v) is 13.7. The lowest BCUT2D eigenvalue weighted by atomic mass is 10.0. The number of aromatic nitrogens is 2. The summed E-state index contributed by atoms with van der Waals surface area (Å²) in [5.41, 5.74) is 0.911. The molecule has 0 saturated carbocycles. The van der Waals surface area contributed by atoms with Gasteiger partial charge in [0.05, 0.1) is 37.4 Å². The maximum absolute atomic E-state index is 12.9. The monoisotopic (exact) mass is 576 g/mol. The molecule has 2 amide bonds. The zero-order chi connectivity index (χ0) is 28.3. The molecule has 0 fully saturated rings. The number of carbonyl (C=O) groups is 3. The van der Waals surface area contributed by atoms with Gasteiger partial charge >= 0.3 is 12.1 Å². The third kappa shape index (κ3) is 6.45. The Morgan fingerprint density at radius 3 is 2.59 bits per heavy atom. The number of hydrogen-bond acceptors (Lipinski definition) is 11. The van der Waals surface area contributed by atoms with Gasteiger partial charge in [0.15, 0.2) is 5.95 Å². The van der Waals surface area contributed by atoms with Gasteiger partial charge in [0.1, 0.15) is 16.4 Å². The van der Waals surface area contributed by atoms with Gasteiger partial charge in [-0.05, 0) is 61.3 Å². The van der Waals surface area contributed by atoms with Gasteiger partial charge in [-0.1, -0.05) is 0 Å². The number of carbonyl (C=O) groups excluding carboxylic acids is 3. The lowest BCUT2D eigenvalue weighted by molar-refractivity contribution is -0.705. The Hall–Kier alpha value is -3.78. The van der Waals surface area contributed by atoms with Gasteiger partial charge in [0.2, 0.25) is 11.6 Å². The van der Waals surface area contributed by atoms with Crippen molar-refractivity contribution in [1.29, 1.82) is 0 Å². The molecular formula is C25H28N4O8S2. The molecule has 3 aromatic rings. The summed E-state index contributed by atoms with van der Waals surface area (Å²) in [5.74, 6) is -1.24. The molecule has 1 aliphatic rings. The highest BCUT2D eigenvalue weighted by atomic mass is 32.2. The molecule has 0 saturated heterocycles. The van der Waals surface area contributed by atoms with E-state index in [0.717, 1.165) is 22.2 Å². The van der Waals surface area contributed by atoms with E-state index in [-0.39, 0.29) is 22.9 Å². The van der Waals surface area contributed by atoms with E-state index in [2.05, 4.69) is 10.6 Å². The summed E-state index contributed by atoms with van der Waals surface area (Å²) < 4.78 is 21.7. The second-order valence-corrected chi connectivity index (χ2v) is 11.5. The first-order valence-electron chi connectivity index (χ1n) is 11.9. The number of methoxy groups -OCH3 is 2. The van der Waals surface area contributed by atoms with E-state index in [4.69, 9.17) is 18.7 Å². The summed E-state index contributed by atoms with van der Waals surface area (Å²) in [6, 6.07) is 6.81. The zero-order valence-electron chi connectivity index (χ0n) is 22.1. The van der Waals surface area contributed by atoms with E-state index in [1.165, 1.54) is 23.1 Å². The normalized spacial score (nSPS) is 13.0. The zero-order valence-corrected chi connectivity index (χ0v) is 23.7. The predicted octanol–water partition coefficient (Wildman–Crippen LogP) is 2.91. The van der Waals surface area contributed by atoms with Crippen molar-refractivity contribution in [3.05, 3.63) is 40.3 Å². The van der Waals surface area contributed by atoms with Gasteiger partial charge in [0, 0.05) is 23.6 Å². The highest BCUT2D eigenvalue weighted by molar-refractivity contribution is 7.99. The van der Waals surface area contributed by atoms with Crippen molar-refractivity contribution < 1.29 is 42.9 Å². The minimum absolute atomic E-state index is 0.113. The van der Waals surface area contributed by atoms with Crippen LogP contribution in [0.3, 0.4) is 0 Å². The maximum Gasteiger partial charge on any atom is 0.410 e. The minimum atomic E-state index is -0.687. The summed E-state index contributed by atoms with van der Waals surface area (Å²) in [7, 11) is 2.81. The number of ether oxygens (including phenoxy) is 3. The van der Waals surface area contributed by atoms with Crippen LogP contribution in [-0.4, -0.2) is 60.3 Å². The Bertz CT molecular complexity index is 1380. The Kier molecular flexibility index (Phi) is 8.35. The van der Waals surface area contributed by atoms with Crippen LogP contribution in [0.2, 0.25) is 0 Å². The maximum atomic E-state index is 12.9. The Morgan fingerprint density at radius 1 is 1.23 bits per heavy atom. The number of thioether (sulfide) groups is 1. The molecule has 39 heavy (non-hydrogen) atoms. The van der Waals surface area contributed by atoms with Gasteiger partial charge < -0.3 is 34.1 Å². The second kappa shape index (κ2) is 11.5. The van der Waals surface area contributed by atoms with Crippen LogP contribution < -0.4 is 19.8 Å². The van der Waals surface area contributed by atoms with E-state index in [9.17, 15) is 19.5 Å². The summed E-state index contributed by atoms with van der Waals surface area (Å²) >= 11 is 2.15. The molecular weight excluding hydrogens is 548 g/mol. The van der Waals surface area contributed by atoms with Crippen molar-refractivity contribution >= 4 is 46.1 Å². The number of thiophene rings is 1. The van der Waals surface area contributed by atoms with E-state index >= 15 is 0 Å². The number of nitrogens with one attached hydrogen (secondary N) is 1. The van der Waals surface area contributed by atoms with Gasteiger partial charge in [-0.3, -0.25) is 4.79 Å². The Morgan fingerprint density at radius 2 is 1.95 bits per heavy atom. The van der Waals surface area contributed by atoms with Gasteiger partial charge in [-0.25, -0.2) is 9.59 Å². The van der Waals surface area contributed by atoms with Crippen molar-refractivity contribution in [1.82, 2.24) is 10.2 Å². The number of hydrogen-bond donors (Lipinski definition) is 1. The molecule has 0 radical (unpaired) electrons. The van der Waals surface area contributed by atoms with Crippen LogP contribution >= 0.6 is 23.1 Å². The summed E-state index contributed by atoms with van der Waals surface area (Å²) in [4.78, 5) is 40.4. The van der Waals surface area contributed by atoms with Crippen LogP contribution in [0.25, 0.3) is 5.69 Å². The average molecular weight is 577 g/mol. The number of rotatable bonds is 7. The molecule has 1 N–H and O–H groups in total. The number of amides is 2. The second-order valence-electron chi connectivity index (χ2n) is 9.46. The molecule has 0 atom stereocenters. The molecule has 2 aromatic heterocycles. The lowest BCUT2D eigenvalue weighted by Crippen LogP contribution is -2.39. The molecule has 12 nitrogen and oxygen atoms in total. The molecule has 0 spiro atoms. The fourth-order valence-corrected chi connectivity index (χ4v) is 5.86. The van der Waals surface area contributed by atoms with Crippen molar-refractivity contribution in [2.24, 2.45) is 0 Å². The number of anilines is 1. The van der Waals surface area contributed by atoms with Crippen molar-refractivity contribution in [3.8, 4) is 17.4 Å². The van der Waals surface area contributed by atoms with E-state index < -0.39 is 29.5 Å². The molecule has 208 valence electrons. The Labute approximate surface area is 232 Å². The van der Waals surface area contributed by atoms with Crippen LogP contribution in [0.1, 0.15) is 41.6 Å². The first-order chi connectivity index (χ1) is 18.5. The molecule has 1 aromatic carbocycles. The van der Waals surface area contributed by atoms with Gasteiger partial charge in [0.25, 0.3) is 5.03 Å². The molecule has 14 heteroatoms. The Balaban J connectivity index is 1.49. The minimum Gasteiger partial charge on any atom is -0.538 e. The van der Waals surface area contributed by atoms with E-state index in [1.807, 2.05) is 0 Å². The van der Waals surface area contributed by atoms with E-state index in [1.54, 1.807) is 57.0 Å². The van der Waals surface area contributed by atoms with Crippen molar-refractivity contribution in [3.63, 3.8) is 0 Å². The molecule has 1 aliphatic heterocycles. The summed E-state index contributed by atoms with van der Waals surface area (Å²) in [6.45, 7) is 5.98. The number of benzene rings is 1. The standard InChI is InChI=1S/C25H28N4O8S2/c1-25(2,3)36-24(33)28-11-10-16-17(12-28)39-20(19(16)22(31)35-5)26-18(30)13-38-21-23(32)37-27-29(21)14-6-8-15(34-4)9-7-14/h6-9H,10-13H2,1-5H3,(H-,26,27,30,31,32). The van der Waals surface area contributed by atoms with Crippen LogP contribution in [0.5, 0.6) is 11.7 Å². The van der Waals surface area contributed by atoms with Crippen LogP contribution in [0.15, 0.2) is 33.8 Å². The largest absolute Gasteiger partial charge is 0.538 e. The molecule has 3 heterocycles. The number of esters is 1.